The van der Waals surface area contributed by atoms with E-state index < -0.39 is 5.82 Å². The molecular weight excluding hydrogens is 211 g/mol. The molecule has 0 amide bonds. The van der Waals surface area contributed by atoms with E-state index in [0.29, 0.717) is 23.8 Å². The highest BCUT2D eigenvalue weighted by molar-refractivity contribution is 5.52. The van der Waals surface area contributed by atoms with E-state index in [1.54, 1.807) is 18.8 Å². The number of nitrogens with zero attached hydrogens (tertiary/aromatic N) is 4. The van der Waals surface area contributed by atoms with Crippen LogP contribution in [0.4, 0.5) is 4.39 Å². The summed E-state index contributed by atoms with van der Waals surface area (Å²) >= 11 is 0. The molecule has 2 rings (SSSR count). The zero-order valence-corrected chi connectivity index (χ0v) is 9.01. The van der Waals surface area contributed by atoms with Crippen molar-refractivity contribution >= 4 is 0 Å². The van der Waals surface area contributed by atoms with E-state index >= 15 is 0 Å². The fourth-order valence-electron chi connectivity index (χ4n) is 1.33. The third-order valence-corrected chi connectivity index (χ3v) is 2.09. The molecule has 6 heteroatoms. The summed E-state index contributed by atoms with van der Waals surface area (Å²) in [6.45, 7) is 0.367. The highest BCUT2D eigenvalue weighted by Crippen LogP contribution is 2.15. The van der Waals surface area contributed by atoms with Crippen molar-refractivity contribution < 1.29 is 9.13 Å². The van der Waals surface area contributed by atoms with Gasteiger partial charge in [0.25, 0.3) is 0 Å². The topological polar surface area (TPSA) is 52.8 Å². The maximum atomic E-state index is 13.0. The van der Waals surface area contributed by atoms with Crippen LogP contribution in [0.25, 0.3) is 11.4 Å². The van der Waals surface area contributed by atoms with Crippen molar-refractivity contribution in [3.05, 3.63) is 30.1 Å². The molecule has 0 saturated carbocycles. The molecule has 2 aromatic heterocycles. The van der Waals surface area contributed by atoms with E-state index in [9.17, 15) is 4.39 Å². The van der Waals surface area contributed by atoms with Crippen LogP contribution < -0.4 is 0 Å². The smallest absolute Gasteiger partial charge is 0.183 e. The van der Waals surface area contributed by atoms with Crippen molar-refractivity contribution in [2.24, 2.45) is 7.05 Å². The molecule has 0 radical (unpaired) electrons. The van der Waals surface area contributed by atoms with E-state index in [1.807, 2.05) is 0 Å². The van der Waals surface area contributed by atoms with Gasteiger partial charge in [-0.05, 0) is 6.07 Å². The third kappa shape index (κ3) is 2.06. The molecular formula is C10H11FN4O. The Kier molecular flexibility index (Phi) is 2.91. The van der Waals surface area contributed by atoms with Crippen molar-refractivity contribution in [1.82, 2.24) is 19.7 Å². The van der Waals surface area contributed by atoms with Crippen molar-refractivity contribution in [3.8, 4) is 11.4 Å². The second kappa shape index (κ2) is 4.36. The Bertz CT molecular complexity index is 497. The number of pyridine rings is 1. The summed E-state index contributed by atoms with van der Waals surface area (Å²) in [5.74, 6) is 0.724. The van der Waals surface area contributed by atoms with Gasteiger partial charge in [-0.3, -0.25) is 9.67 Å². The minimum absolute atomic E-state index is 0.367. The Labute approximate surface area is 91.9 Å². The van der Waals surface area contributed by atoms with Crippen LogP contribution in [-0.4, -0.2) is 26.9 Å². The second-order valence-electron chi connectivity index (χ2n) is 3.30. The Hall–Kier alpha value is -1.82. The van der Waals surface area contributed by atoms with Crippen molar-refractivity contribution in [3.63, 3.8) is 0 Å². The van der Waals surface area contributed by atoms with Crippen LogP contribution in [-0.2, 0) is 18.4 Å². The van der Waals surface area contributed by atoms with E-state index in [2.05, 4.69) is 15.1 Å². The molecule has 0 aliphatic carbocycles. The number of halogens is 1. The maximum absolute atomic E-state index is 13.0. The summed E-state index contributed by atoms with van der Waals surface area (Å²) in [7, 11) is 3.34. The summed E-state index contributed by atoms with van der Waals surface area (Å²) < 4.78 is 19.5. The predicted molar refractivity (Wildman–Crippen MR) is 54.9 cm³/mol. The van der Waals surface area contributed by atoms with Crippen LogP contribution in [0.3, 0.4) is 0 Å². The zero-order chi connectivity index (χ0) is 11.5. The molecule has 0 aliphatic heterocycles. The number of aryl methyl sites for hydroxylation is 1. The van der Waals surface area contributed by atoms with Gasteiger partial charge in [-0.1, -0.05) is 0 Å². The summed E-state index contributed by atoms with van der Waals surface area (Å²) in [6, 6.07) is 1.35. The van der Waals surface area contributed by atoms with Crippen LogP contribution in [0, 0.1) is 5.82 Å². The fraction of sp³-hybridized carbons (Fsp3) is 0.300. The third-order valence-electron chi connectivity index (χ3n) is 2.09. The van der Waals surface area contributed by atoms with E-state index in [-0.39, 0.29) is 0 Å². The lowest BCUT2D eigenvalue weighted by atomic mass is 10.3. The summed E-state index contributed by atoms with van der Waals surface area (Å²) in [6.07, 6.45) is 2.66. The van der Waals surface area contributed by atoms with Crippen molar-refractivity contribution in [2.45, 2.75) is 6.61 Å². The van der Waals surface area contributed by atoms with Crippen molar-refractivity contribution in [1.29, 1.82) is 0 Å². The summed E-state index contributed by atoms with van der Waals surface area (Å²) in [4.78, 5) is 7.98. The first-order chi connectivity index (χ1) is 7.70. The zero-order valence-electron chi connectivity index (χ0n) is 9.01. The largest absolute Gasteiger partial charge is 0.377 e. The first-order valence-corrected chi connectivity index (χ1v) is 4.70. The van der Waals surface area contributed by atoms with Crippen LogP contribution in [0.15, 0.2) is 18.5 Å². The molecule has 16 heavy (non-hydrogen) atoms. The molecule has 0 aliphatic rings. The van der Waals surface area contributed by atoms with Gasteiger partial charge in [-0.25, -0.2) is 9.37 Å². The van der Waals surface area contributed by atoms with Crippen molar-refractivity contribution in [2.75, 3.05) is 7.11 Å². The van der Waals surface area contributed by atoms with E-state index in [1.165, 1.54) is 12.3 Å². The van der Waals surface area contributed by atoms with Gasteiger partial charge in [0.1, 0.15) is 12.4 Å². The second-order valence-corrected chi connectivity index (χ2v) is 3.30. The molecule has 2 heterocycles. The minimum Gasteiger partial charge on any atom is -0.377 e. The molecule has 0 saturated heterocycles. The lowest BCUT2D eigenvalue weighted by Crippen LogP contribution is -2.00. The lowest BCUT2D eigenvalue weighted by molar-refractivity contribution is 0.174. The van der Waals surface area contributed by atoms with Crippen LogP contribution in [0.5, 0.6) is 0 Å². The molecule has 2 aromatic rings. The first kappa shape index (κ1) is 10.7. The highest BCUT2D eigenvalue weighted by atomic mass is 19.1. The number of ether oxygens (including phenoxy) is 1. The number of rotatable bonds is 3. The van der Waals surface area contributed by atoms with Gasteiger partial charge in [-0.15, -0.1) is 0 Å². The number of methoxy groups -OCH3 is 1. The molecule has 0 fully saturated rings. The summed E-state index contributed by atoms with van der Waals surface area (Å²) in [5.41, 5.74) is 0.554. The molecule has 0 unspecified atom stereocenters. The molecule has 0 atom stereocenters. The van der Waals surface area contributed by atoms with Gasteiger partial charge in [0.2, 0.25) is 0 Å². The molecule has 84 valence electrons. The first-order valence-electron chi connectivity index (χ1n) is 4.70. The molecule has 0 spiro atoms. The molecule has 0 aromatic carbocycles. The SMILES string of the molecule is COCc1nc(-c2cncc(F)c2)nn1C. The van der Waals surface area contributed by atoms with Gasteiger partial charge in [0.15, 0.2) is 11.6 Å². The van der Waals surface area contributed by atoms with Crippen LogP contribution in [0.2, 0.25) is 0 Å². The highest BCUT2D eigenvalue weighted by Gasteiger charge is 2.09. The Morgan fingerprint density at radius 3 is 2.94 bits per heavy atom. The van der Waals surface area contributed by atoms with Gasteiger partial charge in [-0.2, -0.15) is 5.10 Å². The fourth-order valence-corrected chi connectivity index (χ4v) is 1.33. The van der Waals surface area contributed by atoms with E-state index in [4.69, 9.17) is 4.74 Å². The average Bonchev–Trinajstić information content (AvgIpc) is 2.61. The van der Waals surface area contributed by atoms with E-state index in [0.717, 1.165) is 6.20 Å². The molecule has 5 nitrogen and oxygen atoms in total. The van der Waals surface area contributed by atoms with Gasteiger partial charge in [0, 0.05) is 25.9 Å². The monoisotopic (exact) mass is 222 g/mol. The number of hydrogen-bond donors (Lipinski definition) is 0. The number of aromatic nitrogens is 4. The molecule has 0 N–H and O–H groups in total. The average molecular weight is 222 g/mol. The maximum Gasteiger partial charge on any atom is 0.183 e. The Balaban J connectivity index is 2.37. The predicted octanol–water partition coefficient (Wildman–Crippen LogP) is 1.16. The number of hydrogen-bond acceptors (Lipinski definition) is 4. The lowest BCUT2D eigenvalue weighted by Gasteiger charge is -1.94. The molecule has 0 bridgehead atoms. The Morgan fingerprint density at radius 2 is 2.25 bits per heavy atom. The van der Waals surface area contributed by atoms with Gasteiger partial charge < -0.3 is 4.74 Å². The van der Waals surface area contributed by atoms with Gasteiger partial charge >= 0.3 is 0 Å². The minimum atomic E-state index is -0.404. The Morgan fingerprint density at radius 1 is 1.44 bits per heavy atom. The standard InChI is InChI=1S/C10H11FN4O/c1-15-9(6-16-2)13-10(14-15)7-3-8(11)5-12-4-7/h3-5H,6H2,1-2H3. The summed E-state index contributed by atoms with van der Waals surface area (Å²) in [5, 5.41) is 4.16. The van der Waals surface area contributed by atoms with Gasteiger partial charge in [0.05, 0.1) is 6.20 Å². The quantitative estimate of drug-likeness (QED) is 0.782. The van der Waals surface area contributed by atoms with Crippen LogP contribution >= 0.6 is 0 Å². The normalized spacial score (nSPS) is 10.7. The van der Waals surface area contributed by atoms with Crippen LogP contribution in [0.1, 0.15) is 5.82 Å².